The molecular formula is C13H21NO5. The highest BCUT2D eigenvalue weighted by Gasteiger charge is 2.54. The lowest BCUT2D eigenvalue weighted by molar-refractivity contribution is -0.160. The molecule has 1 N–H and O–H groups in total. The van der Waals surface area contributed by atoms with Crippen molar-refractivity contribution < 1.29 is 24.2 Å². The van der Waals surface area contributed by atoms with Crippen LogP contribution in [0.25, 0.3) is 0 Å². The van der Waals surface area contributed by atoms with Crippen molar-refractivity contribution in [1.29, 1.82) is 0 Å². The Balaban J connectivity index is 3.11. The van der Waals surface area contributed by atoms with Crippen LogP contribution in [0.15, 0.2) is 0 Å². The maximum Gasteiger partial charge on any atom is 0.411 e. The fourth-order valence-corrected chi connectivity index (χ4v) is 2.28. The molecule has 6 heteroatoms. The van der Waals surface area contributed by atoms with E-state index in [1.165, 1.54) is 0 Å². The largest absolute Gasteiger partial charge is 0.479 e. The first-order valence-electron chi connectivity index (χ1n) is 6.42. The van der Waals surface area contributed by atoms with Gasteiger partial charge in [-0.1, -0.05) is 6.92 Å². The molecule has 0 aromatic rings. The lowest BCUT2D eigenvalue weighted by Crippen LogP contribution is -2.64. The van der Waals surface area contributed by atoms with Gasteiger partial charge >= 0.3 is 12.1 Å². The Morgan fingerprint density at radius 2 is 2.00 bits per heavy atom. The number of hydrogen-bond acceptors (Lipinski definition) is 4. The van der Waals surface area contributed by atoms with E-state index in [0.717, 1.165) is 4.90 Å². The standard InChI is InChI=1S/C13H21NO5/c1-5-13(10(16)17)9(15)7-6-8-14(13)11(18)19-12(2,3)4/h5-8H2,1-4H3,(H,16,17)/t13-/m1/s1. The van der Waals surface area contributed by atoms with E-state index in [1.54, 1.807) is 27.7 Å². The maximum absolute atomic E-state index is 12.1. The summed E-state index contributed by atoms with van der Waals surface area (Å²) in [6.07, 6.45) is -0.0581. The highest BCUT2D eigenvalue weighted by Crippen LogP contribution is 2.30. The zero-order chi connectivity index (χ0) is 14.8. The number of rotatable bonds is 2. The van der Waals surface area contributed by atoms with Gasteiger partial charge in [0.15, 0.2) is 5.78 Å². The molecule has 6 nitrogen and oxygen atoms in total. The van der Waals surface area contributed by atoms with Gasteiger partial charge in [-0.2, -0.15) is 0 Å². The Morgan fingerprint density at radius 3 is 2.42 bits per heavy atom. The molecule has 1 aliphatic rings. The molecule has 1 amide bonds. The zero-order valence-corrected chi connectivity index (χ0v) is 11.9. The van der Waals surface area contributed by atoms with Crippen molar-refractivity contribution in [2.24, 2.45) is 0 Å². The van der Waals surface area contributed by atoms with Crippen molar-refractivity contribution in [3.8, 4) is 0 Å². The number of Topliss-reactive ketones (excluding diaryl/α,β-unsaturated/α-hetero) is 1. The molecule has 108 valence electrons. The highest BCUT2D eigenvalue weighted by atomic mass is 16.6. The number of hydrogen-bond donors (Lipinski definition) is 1. The van der Waals surface area contributed by atoms with Crippen LogP contribution in [0.1, 0.15) is 47.0 Å². The number of amides is 1. The van der Waals surface area contributed by atoms with Crippen molar-refractivity contribution in [1.82, 2.24) is 4.90 Å². The zero-order valence-electron chi connectivity index (χ0n) is 11.9. The van der Waals surface area contributed by atoms with Crippen LogP contribution in [-0.4, -0.2) is 45.5 Å². The first-order chi connectivity index (χ1) is 8.65. The predicted molar refractivity (Wildman–Crippen MR) is 67.8 cm³/mol. The Labute approximate surface area is 112 Å². The van der Waals surface area contributed by atoms with Crippen LogP contribution in [0.4, 0.5) is 4.79 Å². The van der Waals surface area contributed by atoms with Gasteiger partial charge in [-0.25, -0.2) is 9.59 Å². The van der Waals surface area contributed by atoms with E-state index in [0.29, 0.717) is 6.42 Å². The highest BCUT2D eigenvalue weighted by molar-refractivity contribution is 6.10. The van der Waals surface area contributed by atoms with Crippen LogP contribution < -0.4 is 0 Å². The first-order valence-corrected chi connectivity index (χ1v) is 6.42. The van der Waals surface area contributed by atoms with Crippen LogP contribution >= 0.6 is 0 Å². The number of piperidine rings is 1. The lowest BCUT2D eigenvalue weighted by atomic mass is 9.83. The van der Waals surface area contributed by atoms with Crippen LogP contribution in [0.5, 0.6) is 0 Å². The van der Waals surface area contributed by atoms with E-state index in [-0.39, 0.29) is 19.4 Å². The summed E-state index contributed by atoms with van der Waals surface area (Å²) < 4.78 is 5.20. The van der Waals surface area contributed by atoms with E-state index in [4.69, 9.17) is 4.74 Å². The van der Waals surface area contributed by atoms with Crippen LogP contribution in [0, 0.1) is 0 Å². The van der Waals surface area contributed by atoms with Gasteiger partial charge in [0.1, 0.15) is 5.60 Å². The number of likely N-dealkylation sites (tertiary alicyclic amines) is 1. The van der Waals surface area contributed by atoms with Crippen LogP contribution in [-0.2, 0) is 14.3 Å². The summed E-state index contributed by atoms with van der Waals surface area (Å²) in [5, 5.41) is 9.41. The molecule has 0 aromatic heterocycles. The molecule has 19 heavy (non-hydrogen) atoms. The topological polar surface area (TPSA) is 83.9 Å². The molecule has 0 unspecified atom stereocenters. The molecule has 0 bridgehead atoms. The number of ketones is 1. The summed E-state index contributed by atoms with van der Waals surface area (Å²) in [5.74, 6) is -1.72. The van der Waals surface area contributed by atoms with Gasteiger partial charge < -0.3 is 9.84 Å². The van der Waals surface area contributed by atoms with Gasteiger partial charge in [0.25, 0.3) is 0 Å². The molecule has 0 saturated carbocycles. The van der Waals surface area contributed by atoms with E-state index in [2.05, 4.69) is 0 Å². The monoisotopic (exact) mass is 271 g/mol. The van der Waals surface area contributed by atoms with E-state index < -0.39 is 29.0 Å². The number of carboxylic acids is 1. The normalized spacial score (nSPS) is 24.2. The summed E-state index contributed by atoms with van der Waals surface area (Å²) in [6, 6.07) is 0. The molecular weight excluding hydrogens is 250 g/mol. The lowest BCUT2D eigenvalue weighted by Gasteiger charge is -2.42. The van der Waals surface area contributed by atoms with Gasteiger partial charge in [0, 0.05) is 13.0 Å². The summed E-state index contributed by atoms with van der Waals surface area (Å²) in [6.45, 7) is 6.91. The number of carbonyl (C=O) groups is 3. The fourth-order valence-electron chi connectivity index (χ4n) is 2.28. The molecule has 0 aliphatic carbocycles. The first kappa shape index (κ1) is 15.5. The van der Waals surface area contributed by atoms with Gasteiger partial charge in [-0.15, -0.1) is 0 Å². The Bertz CT molecular complexity index is 398. The fraction of sp³-hybridized carbons (Fsp3) is 0.769. The molecule has 1 atom stereocenters. The SMILES string of the molecule is CC[C@]1(C(=O)O)C(=O)CCCN1C(=O)OC(C)(C)C. The van der Waals surface area contributed by atoms with Crippen molar-refractivity contribution in [3.63, 3.8) is 0 Å². The maximum atomic E-state index is 12.1. The Hall–Kier alpha value is -1.59. The van der Waals surface area contributed by atoms with E-state index in [1.807, 2.05) is 0 Å². The molecule has 0 spiro atoms. The van der Waals surface area contributed by atoms with Crippen LogP contribution in [0.3, 0.4) is 0 Å². The average Bonchev–Trinajstić information content (AvgIpc) is 2.26. The van der Waals surface area contributed by atoms with Crippen molar-refractivity contribution in [3.05, 3.63) is 0 Å². The van der Waals surface area contributed by atoms with E-state index >= 15 is 0 Å². The van der Waals surface area contributed by atoms with Gasteiger partial charge in [-0.05, 0) is 33.6 Å². The summed E-state index contributed by atoms with van der Waals surface area (Å²) in [5.41, 5.74) is -2.50. The summed E-state index contributed by atoms with van der Waals surface area (Å²) >= 11 is 0. The average molecular weight is 271 g/mol. The summed E-state index contributed by atoms with van der Waals surface area (Å²) in [4.78, 5) is 36.8. The van der Waals surface area contributed by atoms with Crippen molar-refractivity contribution in [2.45, 2.75) is 58.1 Å². The molecule has 0 radical (unpaired) electrons. The van der Waals surface area contributed by atoms with Crippen LogP contribution in [0.2, 0.25) is 0 Å². The number of carbonyl (C=O) groups excluding carboxylic acids is 2. The smallest absolute Gasteiger partial charge is 0.411 e. The third-order valence-electron chi connectivity index (χ3n) is 3.19. The number of ether oxygens (including phenoxy) is 1. The summed E-state index contributed by atoms with van der Waals surface area (Å²) in [7, 11) is 0. The van der Waals surface area contributed by atoms with Gasteiger partial charge in [0.05, 0.1) is 0 Å². The Morgan fingerprint density at radius 1 is 1.42 bits per heavy atom. The quantitative estimate of drug-likeness (QED) is 0.774. The minimum absolute atomic E-state index is 0.0421. The molecule has 1 fully saturated rings. The van der Waals surface area contributed by atoms with Crippen molar-refractivity contribution in [2.75, 3.05) is 6.54 Å². The number of aliphatic carboxylic acids is 1. The third kappa shape index (κ3) is 2.88. The second kappa shape index (κ2) is 5.19. The molecule has 1 saturated heterocycles. The second-order valence-electron chi connectivity index (χ2n) is 5.68. The number of nitrogens with zero attached hydrogens (tertiary/aromatic N) is 1. The van der Waals surface area contributed by atoms with Gasteiger partial charge in [0.2, 0.25) is 5.54 Å². The predicted octanol–water partition coefficient (Wildman–Crippen LogP) is 1.82. The minimum atomic E-state index is -1.78. The minimum Gasteiger partial charge on any atom is -0.479 e. The Kier molecular flexibility index (Phi) is 4.22. The van der Waals surface area contributed by atoms with Gasteiger partial charge in [-0.3, -0.25) is 9.69 Å². The third-order valence-corrected chi connectivity index (χ3v) is 3.19. The van der Waals surface area contributed by atoms with Crippen molar-refractivity contribution >= 4 is 17.8 Å². The number of carboxylic acid groups (broad SMARTS) is 1. The molecule has 1 rings (SSSR count). The molecule has 0 aromatic carbocycles. The molecule has 1 aliphatic heterocycles. The van der Waals surface area contributed by atoms with E-state index in [9.17, 15) is 19.5 Å². The molecule has 1 heterocycles. The second-order valence-corrected chi connectivity index (χ2v) is 5.68.